The van der Waals surface area contributed by atoms with Crippen LogP contribution in [-0.4, -0.2) is 42.5 Å². The fraction of sp³-hybridized carbons (Fsp3) is 0.762. The van der Waals surface area contributed by atoms with Crippen LogP contribution in [0.25, 0.3) is 0 Å². The summed E-state index contributed by atoms with van der Waals surface area (Å²) in [4.78, 5) is 3.52. The number of alkyl halides is 1. The number of allylic oxidation sites excluding steroid dienone is 3. The van der Waals surface area contributed by atoms with E-state index in [4.69, 9.17) is 0 Å². The van der Waals surface area contributed by atoms with Gasteiger partial charge in [0.05, 0.1) is 12.0 Å². The third-order valence-corrected chi connectivity index (χ3v) is 6.16. The van der Waals surface area contributed by atoms with Crippen LogP contribution in [0.2, 0.25) is 0 Å². The molecule has 0 aromatic carbocycles. The van der Waals surface area contributed by atoms with Crippen LogP contribution < -0.4 is 15.6 Å². The first kappa shape index (κ1) is 21.3. The van der Waals surface area contributed by atoms with Gasteiger partial charge in [-0.1, -0.05) is 31.7 Å². The molecule has 2 aliphatic rings. The summed E-state index contributed by atoms with van der Waals surface area (Å²) in [5, 5.41) is 16.7. The van der Waals surface area contributed by atoms with Crippen LogP contribution in [0.1, 0.15) is 46.5 Å². The van der Waals surface area contributed by atoms with Crippen molar-refractivity contribution in [1.82, 2.24) is 10.6 Å². The number of nitrogens with one attached hydrogen (secondary N) is 3. The SMILES string of the molecule is C=C/C=C\[C@@H](F)C(C)CNC1NC[C@@H](C2CCC([C@H](C)O)CC2)C(C)=[NH+]1. The van der Waals surface area contributed by atoms with Gasteiger partial charge in [-0.2, -0.15) is 0 Å². The summed E-state index contributed by atoms with van der Waals surface area (Å²) in [6, 6.07) is 0. The van der Waals surface area contributed by atoms with E-state index in [1.54, 1.807) is 18.2 Å². The largest absolute Gasteiger partial charge is 0.393 e. The molecule has 1 aliphatic carbocycles. The Kier molecular flexibility index (Phi) is 8.45. The van der Waals surface area contributed by atoms with Crippen LogP contribution >= 0.6 is 0 Å². The second kappa shape index (κ2) is 10.3. The molecule has 0 radical (unpaired) electrons. The molecular weight excluding hydrogens is 329 g/mol. The topological polar surface area (TPSA) is 58.3 Å². The fourth-order valence-corrected chi connectivity index (χ4v) is 4.25. The lowest BCUT2D eigenvalue weighted by atomic mass is 9.73. The highest BCUT2D eigenvalue weighted by Crippen LogP contribution is 2.35. The Hall–Kier alpha value is -1.04. The van der Waals surface area contributed by atoms with Crippen molar-refractivity contribution in [2.24, 2.45) is 23.7 Å². The van der Waals surface area contributed by atoms with Gasteiger partial charge in [0, 0.05) is 25.9 Å². The summed E-state index contributed by atoms with van der Waals surface area (Å²) in [6.45, 7) is 11.1. The van der Waals surface area contributed by atoms with Crippen molar-refractivity contribution in [3.05, 3.63) is 24.8 Å². The first-order valence-electron chi connectivity index (χ1n) is 10.1. The Morgan fingerprint density at radius 2 is 2.04 bits per heavy atom. The van der Waals surface area contributed by atoms with Gasteiger partial charge in [-0.25, -0.2) is 20.0 Å². The van der Waals surface area contributed by atoms with Crippen LogP contribution in [0, 0.1) is 23.7 Å². The summed E-state index contributed by atoms with van der Waals surface area (Å²) < 4.78 is 14.0. The molecule has 5 atom stereocenters. The van der Waals surface area contributed by atoms with E-state index in [0.29, 0.717) is 24.3 Å². The smallest absolute Gasteiger partial charge is 0.263 e. The lowest BCUT2D eigenvalue weighted by molar-refractivity contribution is -0.527. The highest BCUT2D eigenvalue weighted by Gasteiger charge is 2.36. The van der Waals surface area contributed by atoms with Gasteiger partial charge in [0.25, 0.3) is 6.29 Å². The second-order valence-electron chi connectivity index (χ2n) is 8.14. The van der Waals surface area contributed by atoms with Gasteiger partial charge in [-0.15, -0.1) is 0 Å². The zero-order valence-corrected chi connectivity index (χ0v) is 16.5. The van der Waals surface area contributed by atoms with Crippen molar-refractivity contribution < 1.29 is 14.5 Å². The summed E-state index contributed by atoms with van der Waals surface area (Å²) in [5.74, 6) is 1.59. The molecule has 0 saturated heterocycles. The first-order chi connectivity index (χ1) is 12.4. The Labute approximate surface area is 158 Å². The fourth-order valence-electron chi connectivity index (χ4n) is 4.25. The predicted octanol–water partition coefficient (Wildman–Crippen LogP) is 1.52. The Bertz CT molecular complexity index is 497. The van der Waals surface area contributed by atoms with Gasteiger partial charge in [-0.05, 0) is 44.4 Å². The molecule has 1 fully saturated rings. The molecular formula is C21H37FN3O+. The maximum absolute atomic E-state index is 14.0. The highest BCUT2D eigenvalue weighted by molar-refractivity contribution is 5.79. The Morgan fingerprint density at radius 1 is 1.35 bits per heavy atom. The van der Waals surface area contributed by atoms with Gasteiger partial charge in [0.2, 0.25) is 0 Å². The molecule has 0 amide bonds. The summed E-state index contributed by atoms with van der Waals surface area (Å²) in [7, 11) is 0. The summed E-state index contributed by atoms with van der Waals surface area (Å²) in [6.07, 6.45) is 8.30. The van der Waals surface area contributed by atoms with Crippen molar-refractivity contribution in [2.45, 2.75) is 65.0 Å². The van der Waals surface area contributed by atoms with E-state index in [1.807, 2.05) is 13.8 Å². The Morgan fingerprint density at radius 3 is 2.62 bits per heavy atom. The predicted molar refractivity (Wildman–Crippen MR) is 105 cm³/mol. The number of halogens is 1. The lowest BCUT2D eigenvalue weighted by Crippen LogP contribution is -2.91. The zero-order chi connectivity index (χ0) is 19.1. The molecule has 0 spiro atoms. The Balaban J connectivity index is 1.80. The molecule has 1 saturated carbocycles. The van der Waals surface area contributed by atoms with Crippen LogP contribution in [-0.2, 0) is 0 Å². The van der Waals surface area contributed by atoms with Crippen molar-refractivity contribution >= 4 is 5.71 Å². The molecule has 5 heteroatoms. The molecule has 2 unspecified atom stereocenters. The molecule has 26 heavy (non-hydrogen) atoms. The van der Waals surface area contributed by atoms with Gasteiger partial charge >= 0.3 is 0 Å². The summed E-state index contributed by atoms with van der Waals surface area (Å²) in [5.41, 5.74) is 1.32. The van der Waals surface area contributed by atoms with Gasteiger partial charge in [0.15, 0.2) is 5.71 Å². The molecule has 0 aromatic heterocycles. The molecule has 4 nitrogen and oxygen atoms in total. The third kappa shape index (κ3) is 6.00. The third-order valence-electron chi connectivity index (χ3n) is 6.16. The number of rotatable bonds is 8. The molecule has 1 heterocycles. The molecule has 0 bridgehead atoms. The van der Waals surface area contributed by atoms with Crippen LogP contribution in [0.3, 0.4) is 0 Å². The maximum Gasteiger partial charge on any atom is 0.263 e. The average molecular weight is 367 g/mol. The van der Waals surface area contributed by atoms with E-state index >= 15 is 0 Å². The second-order valence-corrected chi connectivity index (χ2v) is 8.14. The van der Waals surface area contributed by atoms with E-state index < -0.39 is 6.17 Å². The van der Waals surface area contributed by atoms with Crippen molar-refractivity contribution in [3.63, 3.8) is 0 Å². The van der Waals surface area contributed by atoms with E-state index in [9.17, 15) is 9.50 Å². The normalized spacial score (nSPS) is 33.5. The van der Waals surface area contributed by atoms with Crippen LogP contribution in [0.15, 0.2) is 24.8 Å². The van der Waals surface area contributed by atoms with Crippen molar-refractivity contribution in [1.29, 1.82) is 0 Å². The summed E-state index contributed by atoms with van der Waals surface area (Å²) >= 11 is 0. The highest BCUT2D eigenvalue weighted by atomic mass is 19.1. The molecule has 0 aromatic rings. The van der Waals surface area contributed by atoms with Gasteiger partial charge < -0.3 is 5.11 Å². The molecule has 4 N–H and O–H groups in total. The van der Waals surface area contributed by atoms with Gasteiger partial charge in [-0.3, -0.25) is 0 Å². The minimum Gasteiger partial charge on any atom is -0.393 e. The average Bonchev–Trinajstić information content (AvgIpc) is 2.64. The quantitative estimate of drug-likeness (QED) is 0.493. The van der Waals surface area contributed by atoms with Crippen molar-refractivity contribution in [2.75, 3.05) is 13.1 Å². The zero-order valence-electron chi connectivity index (χ0n) is 16.5. The molecule has 2 rings (SSSR count). The first-order valence-corrected chi connectivity index (χ1v) is 10.1. The monoisotopic (exact) mass is 366 g/mol. The minimum absolute atomic E-state index is 0.00177. The van der Waals surface area contributed by atoms with E-state index in [1.165, 1.54) is 18.6 Å². The van der Waals surface area contributed by atoms with Gasteiger partial charge in [0.1, 0.15) is 6.17 Å². The van der Waals surface area contributed by atoms with Crippen LogP contribution in [0.5, 0.6) is 0 Å². The van der Waals surface area contributed by atoms with E-state index in [2.05, 4.69) is 29.1 Å². The number of hydrogen-bond acceptors (Lipinski definition) is 3. The number of hydrogen-bond donors (Lipinski definition) is 4. The number of aliphatic hydroxyl groups is 1. The van der Waals surface area contributed by atoms with Crippen LogP contribution in [0.4, 0.5) is 4.39 Å². The standard InChI is InChI=1S/C21H36FN3O/c1-5-6-7-20(22)14(2)12-23-21-24-13-19(15(3)25-21)18-10-8-17(9-11-18)16(4)26/h5-7,14,16-21,23-24,26H,1,8-13H2,2-4H3/p+1/b7-6-/t14?,16-,17?,18?,19+,20+,21?/m0/s1. The van der Waals surface area contributed by atoms with E-state index in [0.717, 1.165) is 19.4 Å². The maximum atomic E-state index is 14.0. The van der Waals surface area contributed by atoms with Crippen molar-refractivity contribution in [3.8, 4) is 0 Å². The lowest BCUT2D eigenvalue weighted by Gasteiger charge is -2.35. The number of aliphatic hydroxyl groups excluding tert-OH is 1. The minimum atomic E-state index is -0.967. The molecule has 148 valence electrons. The molecule has 1 aliphatic heterocycles. The van der Waals surface area contributed by atoms with E-state index in [-0.39, 0.29) is 18.3 Å².